The number of hydrogen-bond donors (Lipinski definition) is 2. The van der Waals surface area contributed by atoms with Gasteiger partial charge in [0.15, 0.2) is 0 Å². The number of likely N-dealkylation sites (tertiary alicyclic amines) is 1. The maximum absolute atomic E-state index is 12.7. The van der Waals surface area contributed by atoms with E-state index in [0.29, 0.717) is 18.0 Å². The zero-order chi connectivity index (χ0) is 23.4. The van der Waals surface area contributed by atoms with Gasteiger partial charge in [-0.2, -0.15) is 0 Å². The average molecular weight is 451 g/mol. The number of carbonyl (C=O) groups is 2. The summed E-state index contributed by atoms with van der Waals surface area (Å²) in [5.41, 5.74) is 5.32. The van der Waals surface area contributed by atoms with Crippen LogP contribution in [-0.4, -0.2) is 57.1 Å². The lowest BCUT2D eigenvalue weighted by atomic mass is 9.96. The van der Waals surface area contributed by atoms with Gasteiger partial charge in [-0.05, 0) is 80.6 Å². The standard InChI is InChI=1S/C26H34N4O3/c1-18-8-11-24(33-3)21(15-18)28-26(32)25(31)27-17-23(30-13-4-5-14-30)20-9-10-22-19(16-20)7-6-12-29(22)2/h8-11,15-16,23H,4-7,12-14,17H2,1-3H3,(H,27,31)(H,28,32). The van der Waals surface area contributed by atoms with Crippen molar-refractivity contribution in [2.24, 2.45) is 0 Å². The van der Waals surface area contributed by atoms with Crippen molar-refractivity contribution in [3.05, 3.63) is 53.1 Å². The summed E-state index contributed by atoms with van der Waals surface area (Å²) in [6.45, 7) is 5.41. The fourth-order valence-electron chi connectivity index (χ4n) is 4.89. The van der Waals surface area contributed by atoms with Crippen LogP contribution in [0.2, 0.25) is 0 Å². The highest BCUT2D eigenvalue weighted by molar-refractivity contribution is 6.39. The lowest BCUT2D eigenvalue weighted by Gasteiger charge is -2.31. The largest absolute Gasteiger partial charge is 0.495 e. The Morgan fingerprint density at radius 1 is 1.03 bits per heavy atom. The molecule has 2 aromatic carbocycles. The summed E-state index contributed by atoms with van der Waals surface area (Å²) in [6, 6.07) is 12.2. The van der Waals surface area contributed by atoms with Crippen molar-refractivity contribution >= 4 is 23.2 Å². The minimum absolute atomic E-state index is 0.0512. The summed E-state index contributed by atoms with van der Waals surface area (Å²) < 4.78 is 5.30. The smallest absolute Gasteiger partial charge is 0.313 e. The van der Waals surface area contributed by atoms with E-state index >= 15 is 0 Å². The van der Waals surface area contributed by atoms with Crippen LogP contribution in [0.4, 0.5) is 11.4 Å². The minimum atomic E-state index is -0.689. The molecule has 2 aliphatic rings. The van der Waals surface area contributed by atoms with Crippen molar-refractivity contribution in [2.45, 2.75) is 38.6 Å². The Kier molecular flexibility index (Phi) is 7.18. The van der Waals surface area contributed by atoms with E-state index in [1.807, 2.05) is 13.0 Å². The van der Waals surface area contributed by atoms with Gasteiger partial charge >= 0.3 is 11.8 Å². The van der Waals surface area contributed by atoms with E-state index in [1.165, 1.54) is 23.9 Å². The number of nitrogens with zero attached hydrogens (tertiary/aromatic N) is 2. The lowest BCUT2D eigenvalue weighted by Crippen LogP contribution is -2.41. The molecular formula is C26H34N4O3. The molecule has 0 radical (unpaired) electrons. The summed E-state index contributed by atoms with van der Waals surface area (Å²) in [6.07, 6.45) is 4.55. The molecule has 2 aromatic rings. The van der Waals surface area contributed by atoms with Crippen LogP contribution in [-0.2, 0) is 16.0 Å². The molecule has 7 heteroatoms. The van der Waals surface area contributed by atoms with Crippen molar-refractivity contribution in [1.29, 1.82) is 0 Å². The number of hydrogen-bond acceptors (Lipinski definition) is 5. The molecule has 1 atom stereocenters. The fourth-order valence-corrected chi connectivity index (χ4v) is 4.89. The van der Waals surface area contributed by atoms with Gasteiger partial charge in [0.25, 0.3) is 0 Å². The first-order valence-electron chi connectivity index (χ1n) is 11.8. The van der Waals surface area contributed by atoms with E-state index in [-0.39, 0.29) is 6.04 Å². The fraction of sp³-hybridized carbons (Fsp3) is 0.462. The van der Waals surface area contributed by atoms with Crippen molar-refractivity contribution in [3.63, 3.8) is 0 Å². The molecule has 0 saturated carbocycles. The minimum Gasteiger partial charge on any atom is -0.495 e. The molecule has 2 heterocycles. The first kappa shape index (κ1) is 23.1. The van der Waals surface area contributed by atoms with Crippen molar-refractivity contribution in [1.82, 2.24) is 10.2 Å². The lowest BCUT2D eigenvalue weighted by molar-refractivity contribution is -0.136. The summed E-state index contributed by atoms with van der Waals surface area (Å²) >= 11 is 0. The third-order valence-corrected chi connectivity index (χ3v) is 6.69. The van der Waals surface area contributed by atoms with Gasteiger partial charge in [-0.3, -0.25) is 14.5 Å². The highest BCUT2D eigenvalue weighted by Crippen LogP contribution is 2.32. The third kappa shape index (κ3) is 5.30. The van der Waals surface area contributed by atoms with Crippen LogP contribution in [0.25, 0.3) is 0 Å². The molecule has 176 valence electrons. The second kappa shape index (κ2) is 10.3. The van der Waals surface area contributed by atoms with Gasteiger partial charge < -0.3 is 20.3 Å². The number of rotatable bonds is 6. The Hall–Kier alpha value is -3.06. The third-order valence-electron chi connectivity index (χ3n) is 6.69. The topological polar surface area (TPSA) is 73.9 Å². The van der Waals surface area contributed by atoms with Crippen LogP contribution >= 0.6 is 0 Å². The summed E-state index contributed by atoms with van der Waals surface area (Å²) in [5, 5.41) is 5.56. The second-order valence-corrected chi connectivity index (χ2v) is 9.04. The van der Waals surface area contributed by atoms with E-state index in [2.05, 4.69) is 45.7 Å². The van der Waals surface area contributed by atoms with Crippen molar-refractivity contribution in [3.8, 4) is 5.75 Å². The van der Waals surface area contributed by atoms with Crippen molar-refractivity contribution in [2.75, 3.05) is 50.6 Å². The number of aryl methyl sites for hydroxylation is 2. The van der Waals surface area contributed by atoms with Gasteiger partial charge in [-0.25, -0.2) is 0 Å². The highest BCUT2D eigenvalue weighted by Gasteiger charge is 2.26. The van der Waals surface area contributed by atoms with Gasteiger partial charge in [-0.15, -0.1) is 0 Å². The Balaban J connectivity index is 1.46. The first-order chi connectivity index (χ1) is 16.0. The van der Waals surface area contributed by atoms with E-state index in [4.69, 9.17) is 4.74 Å². The highest BCUT2D eigenvalue weighted by atomic mass is 16.5. The quantitative estimate of drug-likeness (QED) is 0.661. The molecule has 2 amide bonds. The maximum atomic E-state index is 12.7. The molecule has 33 heavy (non-hydrogen) atoms. The number of methoxy groups -OCH3 is 1. The molecule has 0 bridgehead atoms. The Bertz CT molecular complexity index is 1020. The Morgan fingerprint density at radius 2 is 1.82 bits per heavy atom. The molecule has 1 fully saturated rings. The van der Waals surface area contributed by atoms with Gasteiger partial charge in [0.1, 0.15) is 5.75 Å². The van der Waals surface area contributed by atoms with Crippen LogP contribution < -0.4 is 20.3 Å². The van der Waals surface area contributed by atoms with Gasteiger partial charge in [0, 0.05) is 25.8 Å². The summed E-state index contributed by atoms with van der Waals surface area (Å²) in [4.78, 5) is 30.0. The number of benzene rings is 2. The van der Waals surface area contributed by atoms with Crippen LogP contribution in [0.3, 0.4) is 0 Å². The van der Waals surface area contributed by atoms with Crippen LogP contribution in [0, 0.1) is 6.92 Å². The predicted molar refractivity (Wildman–Crippen MR) is 131 cm³/mol. The zero-order valence-corrected chi connectivity index (χ0v) is 19.8. The van der Waals surface area contributed by atoms with Crippen LogP contribution in [0.1, 0.15) is 42.0 Å². The predicted octanol–water partition coefficient (Wildman–Crippen LogP) is 3.28. The molecule has 0 spiro atoms. The van der Waals surface area contributed by atoms with Gasteiger partial charge in [0.2, 0.25) is 0 Å². The number of anilines is 2. The zero-order valence-electron chi connectivity index (χ0n) is 19.8. The molecule has 7 nitrogen and oxygen atoms in total. The number of fused-ring (bicyclic) bond motifs is 1. The van der Waals surface area contributed by atoms with Crippen LogP contribution in [0.15, 0.2) is 36.4 Å². The second-order valence-electron chi connectivity index (χ2n) is 9.04. The molecule has 1 unspecified atom stereocenters. The van der Waals surface area contributed by atoms with E-state index in [9.17, 15) is 9.59 Å². The molecule has 4 rings (SSSR count). The number of amides is 2. The summed E-state index contributed by atoms with van der Waals surface area (Å²) in [5.74, 6) is -0.803. The van der Waals surface area contributed by atoms with E-state index < -0.39 is 11.8 Å². The normalized spacial score (nSPS) is 16.8. The SMILES string of the molecule is COc1ccc(C)cc1NC(=O)C(=O)NCC(c1ccc2c(c1)CCCN2C)N1CCCC1. The number of nitrogens with one attached hydrogen (secondary N) is 2. The maximum Gasteiger partial charge on any atom is 0.313 e. The van der Waals surface area contributed by atoms with Crippen LogP contribution in [0.5, 0.6) is 5.75 Å². The first-order valence-corrected chi connectivity index (χ1v) is 11.8. The molecule has 2 N–H and O–H groups in total. The van der Waals surface area contributed by atoms with Crippen molar-refractivity contribution < 1.29 is 14.3 Å². The molecule has 0 aromatic heterocycles. The Morgan fingerprint density at radius 3 is 2.58 bits per heavy atom. The van der Waals surface area contributed by atoms with Gasteiger partial charge in [0.05, 0.1) is 18.8 Å². The van der Waals surface area contributed by atoms with E-state index in [1.54, 1.807) is 12.1 Å². The van der Waals surface area contributed by atoms with E-state index in [0.717, 1.165) is 50.9 Å². The average Bonchev–Trinajstić information content (AvgIpc) is 3.34. The molecule has 1 saturated heterocycles. The monoisotopic (exact) mass is 450 g/mol. The molecule has 2 aliphatic heterocycles. The summed E-state index contributed by atoms with van der Waals surface area (Å²) in [7, 11) is 3.68. The Labute approximate surface area is 196 Å². The number of ether oxygens (including phenoxy) is 1. The number of carbonyl (C=O) groups excluding carboxylic acids is 2. The van der Waals surface area contributed by atoms with Gasteiger partial charge in [-0.1, -0.05) is 18.2 Å². The molecule has 0 aliphatic carbocycles. The molecular weight excluding hydrogens is 416 g/mol.